The fourth-order valence-corrected chi connectivity index (χ4v) is 2.20. The Hall–Kier alpha value is -1.38. The first kappa shape index (κ1) is 11.1. The van der Waals surface area contributed by atoms with Gasteiger partial charge in [-0.15, -0.1) is 0 Å². The average Bonchev–Trinajstić information content (AvgIpc) is 2.70. The molecule has 0 amide bonds. The highest BCUT2D eigenvalue weighted by Crippen LogP contribution is 2.22. The summed E-state index contributed by atoms with van der Waals surface area (Å²) in [5, 5.41) is 4.31. The lowest BCUT2D eigenvalue weighted by Crippen LogP contribution is -2.07. The molecule has 0 spiro atoms. The van der Waals surface area contributed by atoms with E-state index in [4.69, 9.17) is 0 Å². The van der Waals surface area contributed by atoms with Crippen LogP contribution in [0.1, 0.15) is 48.7 Å². The number of rotatable bonds is 3. The lowest BCUT2D eigenvalue weighted by atomic mass is 9.93. The number of nitrogens with zero attached hydrogens (tertiary/aromatic N) is 2. The molecule has 0 saturated carbocycles. The highest BCUT2D eigenvalue weighted by molar-refractivity contribution is 6.09. The topological polar surface area (TPSA) is 34.9 Å². The van der Waals surface area contributed by atoms with Crippen LogP contribution in [-0.4, -0.2) is 15.6 Å². The fourth-order valence-electron chi connectivity index (χ4n) is 2.20. The minimum Gasteiger partial charge on any atom is -0.289 e. The summed E-state index contributed by atoms with van der Waals surface area (Å²) in [6, 6.07) is 0. The third-order valence-electron chi connectivity index (χ3n) is 3.07. The van der Waals surface area contributed by atoms with Crippen molar-refractivity contribution in [1.82, 2.24) is 9.78 Å². The highest BCUT2D eigenvalue weighted by Gasteiger charge is 2.19. The second-order valence-corrected chi connectivity index (χ2v) is 4.32. The molecular formula is C13H18N2O. The first-order valence-corrected chi connectivity index (χ1v) is 5.98. The van der Waals surface area contributed by atoms with Crippen molar-refractivity contribution >= 4 is 5.78 Å². The molecule has 0 saturated heterocycles. The number of hydrogen-bond acceptors (Lipinski definition) is 2. The largest absolute Gasteiger partial charge is 0.289 e. The number of hydrogen-bond donors (Lipinski definition) is 0. The minimum atomic E-state index is 0.185. The monoisotopic (exact) mass is 218 g/mol. The van der Waals surface area contributed by atoms with E-state index in [1.54, 1.807) is 4.68 Å². The zero-order chi connectivity index (χ0) is 11.5. The highest BCUT2D eigenvalue weighted by atomic mass is 16.1. The molecule has 0 aromatic carbocycles. The molecule has 3 heteroatoms. The molecule has 0 aliphatic heterocycles. The summed E-state index contributed by atoms with van der Waals surface area (Å²) in [5.41, 5.74) is 2.69. The van der Waals surface area contributed by atoms with Crippen LogP contribution in [0, 0.1) is 0 Å². The van der Waals surface area contributed by atoms with Crippen LogP contribution in [0.4, 0.5) is 0 Å². The molecule has 1 aliphatic carbocycles. The van der Waals surface area contributed by atoms with Gasteiger partial charge in [-0.1, -0.05) is 13.0 Å². The van der Waals surface area contributed by atoms with Crippen LogP contribution >= 0.6 is 0 Å². The van der Waals surface area contributed by atoms with Gasteiger partial charge >= 0.3 is 0 Å². The third-order valence-corrected chi connectivity index (χ3v) is 3.07. The van der Waals surface area contributed by atoms with Gasteiger partial charge in [0.25, 0.3) is 0 Å². The first-order valence-electron chi connectivity index (χ1n) is 5.98. The molecule has 86 valence electrons. The second kappa shape index (κ2) is 4.64. The van der Waals surface area contributed by atoms with Crippen molar-refractivity contribution in [2.24, 2.45) is 7.05 Å². The van der Waals surface area contributed by atoms with E-state index < -0.39 is 0 Å². The van der Waals surface area contributed by atoms with Crippen LogP contribution in [-0.2, 0) is 13.5 Å². The van der Waals surface area contributed by atoms with E-state index in [1.807, 2.05) is 20.2 Å². The smallest absolute Gasteiger partial charge is 0.192 e. The number of carbonyl (C=O) groups is 1. The summed E-state index contributed by atoms with van der Waals surface area (Å²) in [5.74, 6) is 0.185. The van der Waals surface area contributed by atoms with Crippen LogP contribution in [0.3, 0.4) is 0 Å². The zero-order valence-corrected chi connectivity index (χ0v) is 9.99. The third kappa shape index (κ3) is 2.08. The molecule has 2 rings (SSSR count). The van der Waals surface area contributed by atoms with E-state index in [0.717, 1.165) is 42.5 Å². The van der Waals surface area contributed by atoms with Gasteiger partial charge in [0, 0.05) is 13.2 Å². The molecule has 0 unspecified atom stereocenters. The number of allylic oxidation sites excluding steroid dienone is 2. The van der Waals surface area contributed by atoms with Gasteiger partial charge in [0.1, 0.15) is 0 Å². The van der Waals surface area contributed by atoms with Crippen molar-refractivity contribution in [1.29, 1.82) is 0 Å². The molecule has 16 heavy (non-hydrogen) atoms. The van der Waals surface area contributed by atoms with E-state index in [0.29, 0.717) is 0 Å². The second-order valence-electron chi connectivity index (χ2n) is 4.32. The molecule has 0 fully saturated rings. The number of ketones is 1. The van der Waals surface area contributed by atoms with Gasteiger partial charge in [-0.3, -0.25) is 9.48 Å². The number of carbonyl (C=O) groups excluding carboxylic acids is 1. The van der Waals surface area contributed by atoms with Crippen molar-refractivity contribution in [2.45, 2.75) is 39.0 Å². The maximum Gasteiger partial charge on any atom is 0.192 e. The summed E-state index contributed by atoms with van der Waals surface area (Å²) >= 11 is 0. The molecule has 1 aromatic rings. The molecule has 0 N–H and O–H groups in total. The van der Waals surface area contributed by atoms with E-state index >= 15 is 0 Å². The molecular weight excluding hydrogens is 200 g/mol. The van der Waals surface area contributed by atoms with Crippen molar-refractivity contribution in [3.05, 3.63) is 29.1 Å². The Balaban J connectivity index is 2.29. The molecule has 3 nitrogen and oxygen atoms in total. The Bertz CT molecular complexity index is 429. The first-order chi connectivity index (χ1) is 7.72. The van der Waals surface area contributed by atoms with Gasteiger partial charge in [0.05, 0.1) is 11.3 Å². The van der Waals surface area contributed by atoms with Crippen LogP contribution in [0.25, 0.3) is 0 Å². The zero-order valence-electron chi connectivity index (χ0n) is 9.99. The van der Waals surface area contributed by atoms with E-state index in [1.165, 1.54) is 6.42 Å². The fraction of sp³-hybridized carbons (Fsp3) is 0.538. The molecule has 0 atom stereocenters. The summed E-state index contributed by atoms with van der Waals surface area (Å²) in [7, 11) is 1.87. The van der Waals surface area contributed by atoms with Crippen LogP contribution in [0.2, 0.25) is 0 Å². The maximum absolute atomic E-state index is 12.3. The quantitative estimate of drug-likeness (QED) is 0.731. The Morgan fingerprint density at radius 1 is 1.50 bits per heavy atom. The molecule has 0 radical (unpaired) electrons. The van der Waals surface area contributed by atoms with Crippen LogP contribution in [0.15, 0.2) is 17.8 Å². The average molecular weight is 218 g/mol. The van der Waals surface area contributed by atoms with Crippen molar-refractivity contribution < 1.29 is 4.79 Å². The molecule has 0 bridgehead atoms. The van der Waals surface area contributed by atoms with E-state index in [-0.39, 0.29) is 5.78 Å². The van der Waals surface area contributed by atoms with Gasteiger partial charge in [0.2, 0.25) is 0 Å². The summed E-state index contributed by atoms with van der Waals surface area (Å²) in [6.07, 6.45) is 9.08. The van der Waals surface area contributed by atoms with Crippen LogP contribution in [0.5, 0.6) is 0 Å². The van der Waals surface area contributed by atoms with Gasteiger partial charge < -0.3 is 0 Å². The summed E-state index contributed by atoms with van der Waals surface area (Å²) < 4.78 is 1.73. The lowest BCUT2D eigenvalue weighted by Gasteiger charge is -2.10. The number of aromatic nitrogens is 2. The SMILES string of the molecule is CCc1nn(C)cc1C(=O)C1=CCCCC1. The summed E-state index contributed by atoms with van der Waals surface area (Å²) in [6.45, 7) is 2.04. The predicted molar refractivity (Wildman–Crippen MR) is 63.5 cm³/mol. The van der Waals surface area contributed by atoms with Crippen molar-refractivity contribution in [2.75, 3.05) is 0 Å². The normalized spacial score (nSPS) is 16.0. The summed E-state index contributed by atoms with van der Waals surface area (Å²) in [4.78, 5) is 12.3. The van der Waals surface area contributed by atoms with Crippen molar-refractivity contribution in [3.63, 3.8) is 0 Å². The number of aryl methyl sites for hydroxylation is 2. The van der Waals surface area contributed by atoms with Gasteiger partial charge in [0.15, 0.2) is 5.78 Å². The predicted octanol–water partition coefficient (Wildman–Crippen LogP) is 2.67. The minimum absolute atomic E-state index is 0.185. The lowest BCUT2D eigenvalue weighted by molar-refractivity contribution is 0.102. The van der Waals surface area contributed by atoms with Gasteiger partial charge in [-0.25, -0.2) is 0 Å². The van der Waals surface area contributed by atoms with E-state index in [9.17, 15) is 4.79 Å². The van der Waals surface area contributed by atoms with Gasteiger partial charge in [-0.05, 0) is 37.7 Å². The Morgan fingerprint density at radius 3 is 2.94 bits per heavy atom. The van der Waals surface area contributed by atoms with E-state index in [2.05, 4.69) is 11.2 Å². The van der Waals surface area contributed by atoms with Crippen molar-refractivity contribution in [3.8, 4) is 0 Å². The maximum atomic E-state index is 12.3. The van der Waals surface area contributed by atoms with Gasteiger partial charge in [-0.2, -0.15) is 5.10 Å². The Labute approximate surface area is 96.2 Å². The Morgan fingerprint density at radius 2 is 2.31 bits per heavy atom. The standard InChI is InChI=1S/C13H18N2O/c1-3-12-11(9-15(2)14-12)13(16)10-7-5-4-6-8-10/h7,9H,3-6,8H2,1-2H3. The Kier molecular flexibility index (Phi) is 3.22. The molecule has 1 heterocycles. The number of Topliss-reactive ketones (excluding diaryl/α,β-unsaturated/α-hetero) is 1. The van der Waals surface area contributed by atoms with Crippen LogP contribution < -0.4 is 0 Å². The molecule has 1 aliphatic rings. The molecule has 1 aromatic heterocycles.